The first-order valence-corrected chi connectivity index (χ1v) is 10.3. The molecular formula is C20H22F2N5O2P. The highest BCUT2D eigenvalue weighted by atomic mass is 31.0. The van der Waals surface area contributed by atoms with Crippen molar-refractivity contribution < 1.29 is 13.6 Å². The number of carbonyl (C=O) groups excluding carboxylic acids is 1. The normalized spacial score (nSPS) is 14.3. The lowest BCUT2D eigenvalue weighted by Gasteiger charge is -2.12. The van der Waals surface area contributed by atoms with Crippen LogP contribution in [0, 0.1) is 6.92 Å². The number of alkyl halides is 2. The van der Waals surface area contributed by atoms with Gasteiger partial charge in [-0.3, -0.25) is 18.7 Å². The van der Waals surface area contributed by atoms with Gasteiger partial charge in [0.05, 0.1) is 12.2 Å². The van der Waals surface area contributed by atoms with Crippen molar-refractivity contribution in [3.8, 4) is 0 Å². The topological polar surface area (TPSA) is 81.3 Å². The first-order valence-electron chi connectivity index (χ1n) is 9.74. The van der Waals surface area contributed by atoms with Crippen LogP contribution in [0.15, 0.2) is 29.1 Å². The van der Waals surface area contributed by atoms with E-state index in [0.717, 1.165) is 18.5 Å². The van der Waals surface area contributed by atoms with Gasteiger partial charge in [-0.15, -0.1) is 0 Å². The van der Waals surface area contributed by atoms with Crippen LogP contribution >= 0.6 is 9.24 Å². The van der Waals surface area contributed by atoms with Gasteiger partial charge in [-0.05, 0) is 44.4 Å². The molecule has 0 spiro atoms. The third-order valence-corrected chi connectivity index (χ3v) is 5.39. The molecule has 1 amide bonds. The number of amides is 1. The lowest BCUT2D eigenvalue weighted by Crippen LogP contribution is -2.30. The molecule has 1 aliphatic rings. The van der Waals surface area contributed by atoms with Gasteiger partial charge in [0.15, 0.2) is 0 Å². The van der Waals surface area contributed by atoms with E-state index in [1.807, 2.05) is 0 Å². The van der Waals surface area contributed by atoms with Gasteiger partial charge < -0.3 is 5.32 Å². The Kier molecular flexibility index (Phi) is 5.18. The van der Waals surface area contributed by atoms with Gasteiger partial charge in [-0.2, -0.15) is 13.9 Å². The quantitative estimate of drug-likeness (QED) is 0.607. The van der Waals surface area contributed by atoms with Crippen molar-refractivity contribution in [2.45, 2.75) is 44.8 Å². The Morgan fingerprint density at radius 3 is 2.70 bits per heavy atom. The van der Waals surface area contributed by atoms with Crippen molar-refractivity contribution in [2.75, 3.05) is 6.54 Å². The van der Waals surface area contributed by atoms with E-state index in [9.17, 15) is 18.4 Å². The van der Waals surface area contributed by atoms with Crippen LogP contribution in [0.5, 0.6) is 0 Å². The van der Waals surface area contributed by atoms with E-state index in [2.05, 4.69) is 15.4 Å². The molecule has 4 rings (SSSR count). The third kappa shape index (κ3) is 3.86. The fraction of sp³-hybridized carbons (Fsp3) is 0.400. The number of hydrogen-bond donors (Lipinski definition) is 1. The molecule has 1 fully saturated rings. The number of nitrogens with one attached hydrogen (secondary N) is 1. The highest BCUT2D eigenvalue weighted by molar-refractivity contribution is 7.17. The molecule has 30 heavy (non-hydrogen) atoms. The number of pyridine rings is 1. The smallest absolute Gasteiger partial charge is 0.302 e. The number of hydrogen-bond acceptors (Lipinski definition) is 4. The van der Waals surface area contributed by atoms with Crippen LogP contribution in [0.3, 0.4) is 0 Å². The summed E-state index contributed by atoms with van der Waals surface area (Å²) >= 11 is 0. The monoisotopic (exact) mass is 433 g/mol. The molecule has 0 aliphatic heterocycles. The first kappa shape index (κ1) is 20.6. The highest BCUT2D eigenvalue weighted by Gasteiger charge is 2.34. The summed E-state index contributed by atoms with van der Waals surface area (Å²) in [4.78, 5) is 29.8. The van der Waals surface area contributed by atoms with Crippen LogP contribution in [0.25, 0.3) is 5.65 Å². The molecule has 3 heterocycles. The van der Waals surface area contributed by atoms with Crippen molar-refractivity contribution in [3.63, 3.8) is 0 Å². The molecule has 1 aliphatic carbocycles. The maximum Gasteiger partial charge on any atom is 0.302 e. The van der Waals surface area contributed by atoms with E-state index in [1.165, 1.54) is 30.5 Å². The Labute approximate surface area is 173 Å². The van der Waals surface area contributed by atoms with Crippen LogP contribution in [0.1, 0.15) is 58.8 Å². The lowest BCUT2D eigenvalue weighted by atomic mass is 10.2. The van der Waals surface area contributed by atoms with Crippen LogP contribution in [0.4, 0.5) is 8.78 Å². The maximum atomic E-state index is 13.7. The minimum atomic E-state index is -3.12. The Bertz CT molecular complexity index is 1190. The summed E-state index contributed by atoms with van der Waals surface area (Å²) in [7, 11) is 1.50. The number of aryl methyl sites for hydroxylation is 1. The molecular weight excluding hydrogens is 411 g/mol. The highest BCUT2D eigenvalue weighted by Crippen LogP contribution is 2.43. The third-order valence-electron chi connectivity index (χ3n) is 5.09. The number of nitrogens with zero attached hydrogens (tertiary/aromatic N) is 4. The summed E-state index contributed by atoms with van der Waals surface area (Å²) < 4.78 is 30.3. The Morgan fingerprint density at radius 1 is 1.33 bits per heavy atom. The molecule has 1 unspecified atom stereocenters. The second-order valence-corrected chi connectivity index (χ2v) is 8.24. The van der Waals surface area contributed by atoms with Gasteiger partial charge in [0.1, 0.15) is 17.0 Å². The van der Waals surface area contributed by atoms with Crippen molar-refractivity contribution >= 4 is 20.8 Å². The summed E-state index contributed by atoms with van der Waals surface area (Å²) in [6.45, 7) is 4.08. The van der Waals surface area contributed by atoms with Gasteiger partial charge >= 0.3 is 5.66 Å². The minimum Gasteiger partial charge on any atom is -0.351 e. The van der Waals surface area contributed by atoms with Crippen LogP contribution < -0.4 is 10.9 Å². The number of halogens is 2. The number of carbonyl (C=O) groups is 1. The average molecular weight is 433 g/mol. The number of aromatic nitrogens is 4. The molecule has 3 aromatic rings. The summed E-state index contributed by atoms with van der Waals surface area (Å²) in [5.74, 6) is -0.153. The van der Waals surface area contributed by atoms with Gasteiger partial charge in [0.2, 0.25) is 0 Å². The average Bonchev–Trinajstić information content (AvgIpc) is 3.41. The molecule has 0 bridgehead atoms. The molecule has 1 N–H and O–H groups in total. The van der Waals surface area contributed by atoms with Gasteiger partial charge in [-0.1, -0.05) is 15.3 Å². The second kappa shape index (κ2) is 7.54. The SMILES string of the molecule is CCNC(=O)c1c(C)ccc2nc(Cn3nc(C(F)(F)P)cc3C3CC3)cc(=O)n12. The van der Waals surface area contributed by atoms with Crippen LogP contribution in [-0.2, 0) is 12.2 Å². The summed E-state index contributed by atoms with van der Waals surface area (Å²) in [6, 6.07) is 6.14. The summed E-state index contributed by atoms with van der Waals surface area (Å²) in [5, 5.41) is 6.77. The second-order valence-electron chi connectivity index (χ2n) is 7.51. The summed E-state index contributed by atoms with van der Waals surface area (Å²) in [6.07, 6.45) is 1.85. The van der Waals surface area contributed by atoms with Gasteiger partial charge in [0.25, 0.3) is 11.5 Å². The molecule has 1 saturated carbocycles. The number of fused-ring (bicyclic) bond motifs is 1. The molecule has 0 saturated heterocycles. The van der Waals surface area contributed by atoms with Crippen molar-refractivity contribution in [1.29, 1.82) is 0 Å². The summed E-state index contributed by atoms with van der Waals surface area (Å²) in [5.41, 5.74) is -1.51. The molecule has 7 nitrogen and oxygen atoms in total. The van der Waals surface area contributed by atoms with Gasteiger partial charge in [-0.25, -0.2) is 4.98 Å². The van der Waals surface area contributed by atoms with E-state index < -0.39 is 11.2 Å². The zero-order valence-electron chi connectivity index (χ0n) is 16.7. The first-order chi connectivity index (χ1) is 14.2. The zero-order chi connectivity index (χ0) is 21.6. The fourth-order valence-electron chi connectivity index (χ4n) is 3.53. The molecule has 3 aromatic heterocycles. The Morgan fingerprint density at radius 2 is 2.07 bits per heavy atom. The lowest BCUT2D eigenvalue weighted by molar-refractivity contribution is 0.0947. The fourth-order valence-corrected chi connectivity index (χ4v) is 3.67. The molecule has 0 radical (unpaired) electrons. The van der Waals surface area contributed by atoms with Crippen LogP contribution in [0.2, 0.25) is 0 Å². The van der Waals surface area contributed by atoms with Crippen molar-refractivity contribution in [3.05, 3.63) is 63.0 Å². The van der Waals surface area contributed by atoms with E-state index in [0.29, 0.717) is 23.4 Å². The zero-order valence-corrected chi connectivity index (χ0v) is 17.8. The Hall–Kier alpha value is -2.67. The van der Waals surface area contributed by atoms with E-state index >= 15 is 0 Å². The maximum absolute atomic E-state index is 13.7. The molecule has 1 atom stereocenters. The van der Waals surface area contributed by atoms with E-state index in [4.69, 9.17) is 0 Å². The Balaban J connectivity index is 1.77. The van der Waals surface area contributed by atoms with Gasteiger partial charge in [0, 0.05) is 24.2 Å². The van der Waals surface area contributed by atoms with Crippen LogP contribution in [-0.4, -0.2) is 31.6 Å². The molecule has 158 valence electrons. The molecule has 10 heteroatoms. The largest absolute Gasteiger partial charge is 0.351 e. The number of rotatable bonds is 6. The predicted molar refractivity (Wildman–Crippen MR) is 111 cm³/mol. The predicted octanol–water partition coefficient (Wildman–Crippen LogP) is 2.80. The van der Waals surface area contributed by atoms with E-state index in [1.54, 1.807) is 26.0 Å². The van der Waals surface area contributed by atoms with E-state index in [-0.39, 0.29) is 29.8 Å². The van der Waals surface area contributed by atoms with Crippen molar-refractivity contribution in [2.24, 2.45) is 0 Å². The van der Waals surface area contributed by atoms with Crippen molar-refractivity contribution in [1.82, 2.24) is 24.5 Å². The standard InChI is InChI=1S/C20H22F2N5O2P/c1-3-23-19(29)18-11(2)4-7-16-24-13(8-17(28)27(16)18)10-26-14(12-5-6-12)9-15(25-26)20(21,22)30/h4,7-9,12H,3,5-6,10,30H2,1-2H3,(H,23,29). The molecule has 0 aromatic carbocycles. The minimum absolute atomic E-state index is 0.0999.